The minimum atomic E-state index is -0.278. The third-order valence-corrected chi connectivity index (χ3v) is 5.99. The number of benzene rings is 2. The molecule has 28 heavy (non-hydrogen) atoms. The zero-order chi connectivity index (χ0) is 19.9. The van der Waals surface area contributed by atoms with Crippen LogP contribution in [-0.4, -0.2) is 14.8 Å². The largest absolute Gasteiger partial charge is 0.287 e. The van der Waals surface area contributed by atoms with Gasteiger partial charge in [0.2, 0.25) is 5.43 Å². The predicted octanol–water partition coefficient (Wildman–Crippen LogP) is 5.00. The Morgan fingerprint density at radius 3 is 2.46 bits per heavy atom. The lowest BCUT2D eigenvalue weighted by molar-refractivity contribution is 0.602. The van der Waals surface area contributed by atoms with E-state index in [1.165, 1.54) is 23.5 Å². The van der Waals surface area contributed by atoms with Gasteiger partial charge < -0.3 is 0 Å². The molecule has 0 fully saturated rings. The first-order valence-corrected chi connectivity index (χ1v) is 9.85. The van der Waals surface area contributed by atoms with Crippen molar-refractivity contribution in [3.8, 4) is 10.7 Å². The topological polar surface area (TPSA) is 47.8 Å². The highest BCUT2D eigenvalue weighted by atomic mass is 32.1. The summed E-state index contributed by atoms with van der Waals surface area (Å²) in [6.07, 6.45) is 1.82. The number of hydrogen-bond acceptors (Lipinski definition) is 4. The molecule has 0 spiro atoms. The third kappa shape index (κ3) is 3.47. The molecule has 4 nitrogen and oxygen atoms in total. The lowest BCUT2D eigenvalue weighted by atomic mass is 9.96. The Bertz CT molecular complexity index is 1200. The Balaban J connectivity index is 1.88. The van der Waals surface area contributed by atoms with Gasteiger partial charge >= 0.3 is 0 Å². The molecule has 0 unspecified atom stereocenters. The van der Waals surface area contributed by atoms with Gasteiger partial charge in [0.1, 0.15) is 10.8 Å². The van der Waals surface area contributed by atoms with Crippen LogP contribution in [0.5, 0.6) is 0 Å². The molecule has 4 aromatic rings. The van der Waals surface area contributed by atoms with E-state index in [1.807, 2.05) is 30.5 Å². The van der Waals surface area contributed by atoms with Crippen molar-refractivity contribution in [2.45, 2.75) is 32.7 Å². The fourth-order valence-electron chi connectivity index (χ4n) is 2.99. The van der Waals surface area contributed by atoms with Crippen molar-refractivity contribution in [1.29, 1.82) is 0 Å². The molecule has 0 N–H and O–H groups in total. The zero-order valence-corrected chi connectivity index (χ0v) is 16.8. The van der Waals surface area contributed by atoms with Crippen LogP contribution < -0.4 is 5.43 Å². The molecule has 0 aliphatic rings. The van der Waals surface area contributed by atoms with Gasteiger partial charge in [0.15, 0.2) is 5.69 Å². The van der Waals surface area contributed by atoms with E-state index in [2.05, 4.69) is 30.9 Å². The number of para-hydroxylation sites is 1. The second kappa shape index (κ2) is 6.95. The van der Waals surface area contributed by atoms with Gasteiger partial charge in [-0.2, -0.15) is 5.10 Å². The standard InChI is InChI=1S/C22H20FN3OS/c1-22(2,3)18-12-24-21(28-18)19-20(27)16-6-4-5-7-17(16)26(25-19)13-14-8-10-15(23)11-9-14/h4-12H,13H2,1-3H3. The van der Waals surface area contributed by atoms with E-state index in [0.29, 0.717) is 22.6 Å². The molecule has 0 radical (unpaired) electrons. The summed E-state index contributed by atoms with van der Waals surface area (Å²) in [4.78, 5) is 18.7. The zero-order valence-electron chi connectivity index (χ0n) is 15.9. The van der Waals surface area contributed by atoms with E-state index >= 15 is 0 Å². The molecule has 0 saturated carbocycles. The number of hydrogen-bond donors (Lipinski definition) is 0. The van der Waals surface area contributed by atoms with E-state index in [-0.39, 0.29) is 16.7 Å². The SMILES string of the molecule is CC(C)(C)c1cnc(-c2nn(Cc3ccc(F)cc3)c3ccccc3c2=O)s1. The van der Waals surface area contributed by atoms with Gasteiger partial charge in [-0.25, -0.2) is 9.37 Å². The lowest BCUT2D eigenvalue weighted by Crippen LogP contribution is -2.17. The number of thiazole rings is 1. The predicted molar refractivity (Wildman–Crippen MR) is 111 cm³/mol. The molecule has 2 aromatic carbocycles. The quantitative estimate of drug-likeness (QED) is 0.492. The molecular formula is C22H20FN3OS. The first kappa shape index (κ1) is 18.5. The second-order valence-corrected chi connectivity index (χ2v) is 8.79. The molecule has 0 bridgehead atoms. The highest BCUT2D eigenvalue weighted by Gasteiger charge is 2.21. The molecule has 0 atom stereocenters. The third-order valence-electron chi connectivity index (χ3n) is 4.56. The van der Waals surface area contributed by atoms with Crippen LogP contribution in [-0.2, 0) is 12.0 Å². The van der Waals surface area contributed by atoms with Crippen molar-refractivity contribution in [3.63, 3.8) is 0 Å². The van der Waals surface area contributed by atoms with Crippen LogP contribution in [0.25, 0.3) is 21.6 Å². The van der Waals surface area contributed by atoms with Gasteiger partial charge in [-0.3, -0.25) is 9.48 Å². The molecule has 2 aromatic heterocycles. The summed E-state index contributed by atoms with van der Waals surface area (Å²) < 4.78 is 15.0. The molecule has 0 amide bonds. The van der Waals surface area contributed by atoms with Crippen molar-refractivity contribution in [2.24, 2.45) is 0 Å². The fourth-order valence-corrected chi connectivity index (χ4v) is 3.95. The Kier molecular flexibility index (Phi) is 4.59. The summed E-state index contributed by atoms with van der Waals surface area (Å²) in [5.41, 5.74) is 1.83. The highest BCUT2D eigenvalue weighted by molar-refractivity contribution is 7.15. The van der Waals surface area contributed by atoms with Gasteiger partial charge in [0.25, 0.3) is 0 Å². The van der Waals surface area contributed by atoms with E-state index in [1.54, 1.807) is 16.8 Å². The summed E-state index contributed by atoms with van der Waals surface area (Å²) in [5.74, 6) is -0.278. The lowest BCUT2D eigenvalue weighted by Gasteiger charge is -2.14. The molecule has 0 aliphatic carbocycles. The second-order valence-electron chi connectivity index (χ2n) is 7.76. The number of fused-ring (bicyclic) bond motifs is 1. The Morgan fingerprint density at radius 2 is 1.79 bits per heavy atom. The van der Waals surface area contributed by atoms with Crippen LogP contribution in [0.15, 0.2) is 59.5 Å². The maximum Gasteiger partial charge on any atom is 0.218 e. The minimum absolute atomic E-state index is 0.0418. The summed E-state index contributed by atoms with van der Waals surface area (Å²) in [5, 5.41) is 5.86. The first-order valence-electron chi connectivity index (χ1n) is 9.04. The smallest absolute Gasteiger partial charge is 0.218 e. The normalized spacial score (nSPS) is 11.9. The van der Waals surface area contributed by atoms with Crippen molar-refractivity contribution in [1.82, 2.24) is 14.8 Å². The number of halogens is 1. The summed E-state index contributed by atoms with van der Waals surface area (Å²) in [6, 6.07) is 13.7. The van der Waals surface area contributed by atoms with E-state index in [4.69, 9.17) is 0 Å². The van der Waals surface area contributed by atoms with Gasteiger partial charge in [-0.15, -0.1) is 11.3 Å². The molecule has 6 heteroatoms. The molecule has 142 valence electrons. The van der Waals surface area contributed by atoms with E-state index < -0.39 is 0 Å². The Hall–Kier alpha value is -2.86. The van der Waals surface area contributed by atoms with Crippen LogP contribution in [0.1, 0.15) is 31.2 Å². The van der Waals surface area contributed by atoms with Crippen LogP contribution >= 0.6 is 11.3 Å². The van der Waals surface area contributed by atoms with Crippen LogP contribution in [0.4, 0.5) is 4.39 Å². The summed E-state index contributed by atoms with van der Waals surface area (Å²) in [7, 11) is 0. The number of aromatic nitrogens is 3. The van der Waals surface area contributed by atoms with E-state index in [9.17, 15) is 9.18 Å². The molecule has 2 heterocycles. The van der Waals surface area contributed by atoms with Crippen molar-refractivity contribution in [3.05, 3.63) is 81.2 Å². The number of rotatable bonds is 3. The molecule has 0 saturated heterocycles. The van der Waals surface area contributed by atoms with Crippen molar-refractivity contribution in [2.75, 3.05) is 0 Å². The van der Waals surface area contributed by atoms with Gasteiger partial charge in [0.05, 0.1) is 12.1 Å². The maximum atomic E-state index is 13.2. The Labute approximate surface area is 166 Å². The van der Waals surface area contributed by atoms with Crippen molar-refractivity contribution >= 4 is 22.2 Å². The van der Waals surface area contributed by atoms with Gasteiger partial charge in [0, 0.05) is 16.5 Å². The Morgan fingerprint density at radius 1 is 1.07 bits per heavy atom. The van der Waals surface area contributed by atoms with Crippen molar-refractivity contribution < 1.29 is 4.39 Å². The fraction of sp³-hybridized carbons (Fsp3) is 0.227. The van der Waals surface area contributed by atoms with Gasteiger partial charge in [-0.1, -0.05) is 45.0 Å². The monoisotopic (exact) mass is 393 g/mol. The van der Waals surface area contributed by atoms with Gasteiger partial charge in [-0.05, 0) is 35.2 Å². The molecule has 4 rings (SSSR count). The van der Waals surface area contributed by atoms with Crippen LogP contribution in [0.3, 0.4) is 0 Å². The first-order chi connectivity index (χ1) is 13.3. The molecular weight excluding hydrogens is 373 g/mol. The average molecular weight is 393 g/mol. The van der Waals surface area contributed by atoms with E-state index in [0.717, 1.165) is 16.0 Å². The number of nitrogens with zero attached hydrogens (tertiary/aromatic N) is 3. The minimum Gasteiger partial charge on any atom is -0.287 e. The van der Waals surface area contributed by atoms with Crippen LogP contribution in [0, 0.1) is 5.82 Å². The average Bonchev–Trinajstić information content (AvgIpc) is 3.16. The maximum absolute atomic E-state index is 13.2. The summed E-state index contributed by atoms with van der Waals surface area (Å²) in [6.45, 7) is 6.78. The highest BCUT2D eigenvalue weighted by Crippen LogP contribution is 2.31. The summed E-state index contributed by atoms with van der Waals surface area (Å²) >= 11 is 1.50. The molecule has 0 aliphatic heterocycles. The van der Waals surface area contributed by atoms with Crippen LogP contribution in [0.2, 0.25) is 0 Å².